The first-order valence-corrected chi connectivity index (χ1v) is 5.44. The van der Waals surface area contributed by atoms with Crippen LogP contribution in [0.25, 0.3) is 0 Å². The molecule has 0 saturated carbocycles. The maximum atomic E-state index is 12.1. The van der Waals surface area contributed by atoms with E-state index < -0.39 is 0 Å². The molecule has 4 nitrogen and oxygen atoms in total. The van der Waals surface area contributed by atoms with Gasteiger partial charge in [-0.2, -0.15) is 0 Å². The molecule has 0 saturated heterocycles. The normalized spacial score (nSPS) is 10.1. The standard InChI is InChI=1S/C14H13NO3/c1-15(11-5-3-7-13(17)9-11)14(18)10-4-2-6-12(16)8-10/h2-9,16-17H,1H3. The van der Waals surface area contributed by atoms with Crippen LogP contribution >= 0.6 is 0 Å². The lowest BCUT2D eigenvalue weighted by atomic mass is 10.2. The third-order valence-electron chi connectivity index (χ3n) is 2.61. The Kier molecular flexibility index (Phi) is 3.19. The molecule has 0 radical (unpaired) electrons. The highest BCUT2D eigenvalue weighted by molar-refractivity contribution is 6.06. The van der Waals surface area contributed by atoms with Crippen molar-refractivity contribution in [3.63, 3.8) is 0 Å². The zero-order valence-electron chi connectivity index (χ0n) is 9.87. The molecule has 0 aliphatic carbocycles. The Hall–Kier alpha value is -2.49. The largest absolute Gasteiger partial charge is 0.508 e. The molecule has 18 heavy (non-hydrogen) atoms. The third kappa shape index (κ3) is 2.43. The van der Waals surface area contributed by atoms with Crippen molar-refractivity contribution >= 4 is 11.6 Å². The number of phenolic OH excluding ortho intramolecular Hbond substituents is 2. The molecule has 0 aliphatic heterocycles. The minimum absolute atomic E-state index is 0.0464. The Morgan fingerprint density at radius 2 is 1.61 bits per heavy atom. The fourth-order valence-corrected chi connectivity index (χ4v) is 1.65. The molecular weight excluding hydrogens is 230 g/mol. The summed E-state index contributed by atoms with van der Waals surface area (Å²) < 4.78 is 0. The predicted molar refractivity (Wildman–Crippen MR) is 68.9 cm³/mol. The van der Waals surface area contributed by atoms with Crippen molar-refractivity contribution in [2.45, 2.75) is 0 Å². The molecule has 0 aliphatic rings. The number of anilines is 1. The lowest BCUT2D eigenvalue weighted by Gasteiger charge is -2.17. The van der Waals surface area contributed by atoms with Gasteiger partial charge < -0.3 is 15.1 Å². The summed E-state index contributed by atoms with van der Waals surface area (Å²) in [5, 5.41) is 18.7. The van der Waals surface area contributed by atoms with Crippen LogP contribution in [0.2, 0.25) is 0 Å². The molecule has 2 N–H and O–H groups in total. The van der Waals surface area contributed by atoms with Crippen molar-refractivity contribution in [2.75, 3.05) is 11.9 Å². The van der Waals surface area contributed by atoms with Gasteiger partial charge in [-0.05, 0) is 30.3 Å². The first-order chi connectivity index (χ1) is 8.58. The number of phenols is 2. The first-order valence-electron chi connectivity index (χ1n) is 5.44. The van der Waals surface area contributed by atoms with Crippen molar-refractivity contribution in [1.29, 1.82) is 0 Å². The van der Waals surface area contributed by atoms with Crippen LogP contribution in [0.4, 0.5) is 5.69 Å². The second-order valence-corrected chi connectivity index (χ2v) is 3.93. The van der Waals surface area contributed by atoms with Crippen LogP contribution in [-0.2, 0) is 0 Å². The van der Waals surface area contributed by atoms with Crippen LogP contribution in [0.1, 0.15) is 10.4 Å². The van der Waals surface area contributed by atoms with Crippen LogP contribution in [0.5, 0.6) is 11.5 Å². The lowest BCUT2D eigenvalue weighted by molar-refractivity contribution is 0.0992. The van der Waals surface area contributed by atoms with Crippen molar-refractivity contribution < 1.29 is 15.0 Å². The molecule has 2 aromatic carbocycles. The number of carbonyl (C=O) groups excluding carboxylic acids is 1. The SMILES string of the molecule is CN(C(=O)c1cccc(O)c1)c1cccc(O)c1. The summed E-state index contributed by atoms with van der Waals surface area (Å²) in [6.45, 7) is 0. The Labute approximate surface area is 105 Å². The maximum Gasteiger partial charge on any atom is 0.258 e. The summed E-state index contributed by atoms with van der Waals surface area (Å²) in [6.07, 6.45) is 0. The smallest absolute Gasteiger partial charge is 0.258 e. The summed E-state index contributed by atoms with van der Waals surface area (Å²) in [7, 11) is 1.61. The van der Waals surface area contributed by atoms with Gasteiger partial charge in [-0.1, -0.05) is 12.1 Å². The average molecular weight is 243 g/mol. The highest BCUT2D eigenvalue weighted by Crippen LogP contribution is 2.21. The molecule has 0 bridgehead atoms. The predicted octanol–water partition coefficient (Wildman–Crippen LogP) is 2.37. The number of carbonyl (C=O) groups is 1. The van der Waals surface area contributed by atoms with E-state index in [9.17, 15) is 15.0 Å². The second-order valence-electron chi connectivity index (χ2n) is 3.93. The summed E-state index contributed by atoms with van der Waals surface area (Å²) in [5.41, 5.74) is 0.976. The Bertz CT molecular complexity index is 581. The minimum atomic E-state index is -0.253. The first kappa shape index (κ1) is 12.0. The van der Waals surface area contributed by atoms with Gasteiger partial charge in [-0.15, -0.1) is 0 Å². The van der Waals surface area contributed by atoms with Crippen LogP contribution in [-0.4, -0.2) is 23.2 Å². The van der Waals surface area contributed by atoms with Gasteiger partial charge in [0.15, 0.2) is 0 Å². The second kappa shape index (κ2) is 4.79. The zero-order chi connectivity index (χ0) is 13.1. The Morgan fingerprint density at radius 1 is 1.00 bits per heavy atom. The summed E-state index contributed by atoms with van der Waals surface area (Å²) in [5.74, 6) is -0.107. The molecule has 0 atom stereocenters. The van der Waals surface area contributed by atoms with E-state index in [1.165, 1.54) is 29.2 Å². The van der Waals surface area contributed by atoms with Crippen molar-refractivity contribution in [2.24, 2.45) is 0 Å². The van der Waals surface area contributed by atoms with E-state index in [1.54, 1.807) is 31.3 Å². The molecule has 2 rings (SSSR count). The van der Waals surface area contributed by atoms with Crippen molar-refractivity contribution in [3.05, 3.63) is 54.1 Å². The lowest BCUT2D eigenvalue weighted by Crippen LogP contribution is -2.25. The monoisotopic (exact) mass is 243 g/mol. The Morgan fingerprint density at radius 3 is 2.22 bits per heavy atom. The van der Waals surface area contributed by atoms with Gasteiger partial charge in [-0.25, -0.2) is 0 Å². The molecule has 0 fully saturated rings. The third-order valence-corrected chi connectivity index (χ3v) is 2.61. The Balaban J connectivity index is 2.29. The molecule has 0 aromatic heterocycles. The highest BCUT2D eigenvalue weighted by atomic mass is 16.3. The molecule has 0 spiro atoms. The van der Waals surface area contributed by atoms with Gasteiger partial charge in [0.25, 0.3) is 5.91 Å². The summed E-state index contributed by atoms with van der Waals surface area (Å²) in [6, 6.07) is 12.6. The van der Waals surface area contributed by atoms with E-state index in [0.29, 0.717) is 11.3 Å². The topological polar surface area (TPSA) is 60.8 Å². The van der Waals surface area contributed by atoms with E-state index in [1.807, 2.05) is 0 Å². The summed E-state index contributed by atoms with van der Waals surface area (Å²) >= 11 is 0. The van der Waals surface area contributed by atoms with Crippen LogP contribution in [0, 0.1) is 0 Å². The number of aromatic hydroxyl groups is 2. The fraction of sp³-hybridized carbons (Fsp3) is 0.0714. The van der Waals surface area contributed by atoms with Crippen LogP contribution in [0.15, 0.2) is 48.5 Å². The number of benzene rings is 2. The molecule has 2 aromatic rings. The van der Waals surface area contributed by atoms with Crippen LogP contribution in [0.3, 0.4) is 0 Å². The minimum Gasteiger partial charge on any atom is -0.508 e. The molecule has 0 unspecified atom stereocenters. The number of nitrogens with zero attached hydrogens (tertiary/aromatic N) is 1. The number of hydrogen-bond donors (Lipinski definition) is 2. The quantitative estimate of drug-likeness (QED) is 0.851. The van der Waals surface area contributed by atoms with Gasteiger partial charge in [0, 0.05) is 24.4 Å². The van der Waals surface area contributed by atoms with Gasteiger partial charge >= 0.3 is 0 Å². The molecule has 4 heteroatoms. The number of amides is 1. The van der Waals surface area contributed by atoms with Gasteiger partial charge in [0.1, 0.15) is 11.5 Å². The van der Waals surface area contributed by atoms with E-state index in [0.717, 1.165) is 0 Å². The van der Waals surface area contributed by atoms with E-state index in [-0.39, 0.29) is 17.4 Å². The number of hydrogen-bond acceptors (Lipinski definition) is 3. The van der Waals surface area contributed by atoms with E-state index in [2.05, 4.69) is 0 Å². The maximum absolute atomic E-state index is 12.1. The van der Waals surface area contributed by atoms with Gasteiger partial charge in [0.2, 0.25) is 0 Å². The molecule has 0 heterocycles. The van der Waals surface area contributed by atoms with Gasteiger partial charge in [-0.3, -0.25) is 4.79 Å². The van der Waals surface area contributed by atoms with E-state index >= 15 is 0 Å². The summed E-state index contributed by atoms with van der Waals surface area (Å²) in [4.78, 5) is 13.6. The fourth-order valence-electron chi connectivity index (χ4n) is 1.65. The van der Waals surface area contributed by atoms with E-state index in [4.69, 9.17) is 0 Å². The van der Waals surface area contributed by atoms with Crippen molar-refractivity contribution in [3.8, 4) is 11.5 Å². The molecule has 1 amide bonds. The van der Waals surface area contributed by atoms with Gasteiger partial charge in [0.05, 0.1) is 0 Å². The highest BCUT2D eigenvalue weighted by Gasteiger charge is 2.13. The van der Waals surface area contributed by atoms with Crippen molar-refractivity contribution in [1.82, 2.24) is 0 Å². The number of rotatable bonds is 2. The van der Waals surface area contributed by atoms with Crippen LogP contribution < -0.4 is 4.90 Å². The molecular formula is C14H13NO3. The zero-order valence-corrected chi connectivity index (χ0v) is 9.87. The average Bonchev–Trinajstić information content (AvgIpc) is 2.37. The molecule has 92 valence electrons.